The van der Waals surface area contributed by atoms with E-state index in [0.717, 1.165) is 5.69 Å². The predicted octanol–water partition coefficient (Wildman–Crippen LogP) is 1.19. The maximum absolute atomic E-state index is 13.2. The van der Waals surface area contributed by atoms with E-state index in [9.17, 15) is 9.18 Å². The Morgan fingerprint density at radius 2 is 2.10 bits per heavy atom. The van der Waals surface area contributed by atoms with Crippen LogP contribution in [-0.2, 0) is 20.0 Å². The van der Waals surface area contributed by atoms with Gasteiger partial charge in [0, 0.05) is 20.0 Å². The summed E-state index contributed by atoms with van der Waals surface area (Å²) >= 11 is 0. The van der Waals surface area contributed by atoms with Crippen LogP contribution >= 0.6 is 0 Å². The lowest BCUT2D eigenvalue weighted by molar-refractivity contribution is 0.576. The van der Waals surface area contributed by atoms with Gasteiger partial charge in [-0.25, -0.2) is 9.97 Å². The molecule has 0 saturated carbocycles. The minimum absolute atomic E-state index is 0.0337. The van der Waals surface area contributed by atoms with Gasteiger partial charge in [-0.15, -0.1) is 0 Å². The number of aromatic nitrogens is 3. The van der Waals surface area contributed by atoms with Gasteiger partial charge >= 0.3 is 0 Å². The zero-order valence-electron chi connectivity index (χ0n) is 11.4. The number of pyridine rings is 1. The fourth-order valence-electron chi connectivity index (χ4n) is 2.46. The number of hydrogen-bond acceptors (Lipinski definition) is 4. The smallest absolute Gasteiger partial charge is 0.258 e. The van der Waals surface area contributed by atoms with Crippen LogP contribution in [0, 0.1) is 12.9 Å². The molecular formula is C14H15FN4O. The molecule has 0 aliphatic carbocycles. The first-order chi connectivity index (χ1) is 9.56. The molecule has 0 N–H and O–H groups in total. The van der Waals surface area contributed by atoms with E-state index >= 15 is 0 Å². The number of rotatable bonds is 1. The van der Waals surface area contributed by atoms with E-state index in [0.29, 0.717) is 36.7 Å². The van der Waals surface area contributed by atoms with Gasteiger partial charge in [0.25, 0.3) is 5.56 Å². The Morgan fingerprint density at radius 3 is 2.85 bits per heavy atom. The van der Waals surface area contributed by atoms with Gasteiger partial charge in [-0.05, 0) is 19.1 Å². The summed E-state index contributed by atoms with van der Waals surface area (Å²) in [5, 5.41) is 0. The van der Waals surface area contributed by atoms with Crippen molar-refractivity contribution in [2.75, 3.05) is 11.4 Å². The van der Waals surface area contributed by atoms with Crippen molar-refractivity contribution in [3.63, 3.8) is 0 Å². The van der Waals surface area contributed by atoms with Crippen LogP contribution in [0.1, 0.15) is 17.1 Å². The number of nitrogens with zero attached hydrogens (tertiary/aromatic N) is 4. The van der Waals surface area contributed by atoms with Gasteiger partial charge in [0.15, 0.2) is 0 Å². The largest absolute Gasteiger partial charge is 0.352 e. The van der Waals surface area contributed by atoms with Crippen LogP contribution in [0.5, 0.6) is 0 Å². The first-order valence-corrected chi connectivity index (χ1v) is 6.49. The lowest BCUT2D eigenvalue weighted by Gasteiger charge is -2.29. The molecular weight excluding hydrogens is 259 g/mol. The topological polar surface area (TPSA) is 51.0 Å². The quantitative estimate of drug-likeness (QED) is 0.733. The molecule has 1 aliphatic rings. The van der Waals surface area contributed by atoms with Crippen LogP contribution in [0.15, 0.2) is 23.0 Å². The van der Waals surface area contributed by atoms with Crippen molar-refractivity contribution >= 4 is 5.82 Å². The van der Waals surface area contributed by atoms with Gasteiger partial charge in [-0.2, -0.15) is 4.39 Å². The Bertz CT molecular complexity index is 726. The number of hydrogen-bond donors (Lipinski definition) is 0. The summed E-state index contributed by atoms with van der Waals surface area (Å²) in [4.78, 5) is 22.5. The first-order valence-electron chi connectivity index (χ1n) is 6.49. The van der Waals surface area contributed by atoms with E-state index in [-0.39, 0.29) is 5.56 Å². The molecule has 6 heteroatoms. The summed E-state index contributed by atoms with van der Waals surface area (Å²) in [6.07, 6.45) is 0.671. The summed E-state index contributed by atoms with van der Waals surface area (Å²) in [5.41, 5.74) is 1.49. The highest BCUT2D eigenvalue weighted by atomic mass is 19.1. The molecule has 3 heterocycles. The second-order valence-electron chi connectivity index (χ2n) is 4.94. The molecule has 104 valence electrons. The highest BCUT2D eigenvalue weighted by molar-refractivity contribution is 5.42. The number of halogens is 1. The second kappa shape index (κ2) is 4.70. The van der Waals surface area contributed by atoms with E-state index in [1.54, 1.807) is 23.7 Å². The first kappa shape index (κ1) is 12.8. The van der Waals surface area contributed by atoms with Gasteiger partial charge in [0.1, 0.15) is 11.6 Å². The van der Waals surface area contributed by atoms with Crippen molar-refractivity contribution < 1.29 is 4.39 Å². The second-order valence-corrected chi connectivity index (χ2v) is 4.94. The number of anilines is 1. The van der Waals surface area contributed by atoms with Crippen molar-refractivity contribution in [1.82, 2.24) is 14.5 Å². The molecule has 0 bridgehead atoms. The third-order valence-corrected chi connectivity index (χ3v) is 3.69. The van der Waals surface area contributed by atoms with Gasteiger partial charge in [0.05, 0.1) is 17.8 Å². The van der Waals surface area contributed by atoms with Crippen LogP contribution in [-0.4, -0.2) is 21.1 Å². The minimum atomic E-state index is -0.511. The number of aryl methyl sites for hydroxylation is 1. The van der Waals surface area contributed by atoms with Gasteiger partial charge < -0.3 is 4.90 Å². The Morgan fingerprint density at radius 1 is 1.30 bits per heavy atom. The summed E-state index contributed by atoms with van der Waals surface area (Å²) in [5.74, 6) is 0.757. The predicted molar refractivity (Wildman–Crippen MR) is 73.2 cm³/mol. The van der Waals surface area contributed by atoms with Crippen molar-refractivity contribution in [2.45, 2.75) is 19.9 Å². The van der Waals surface area contributed by atoms with E-state index in [2.05, 4.69) is 9.97 Å². The lowest BCUT2D eigenvalue weighted by atomic mass is 10.1. The average Bonchev–Trinajstić information content (AvgIpc) is 2.45. The molecule has 20 heavy (non-hydrogen) atoms. The molecule has 5 nitrogen and oxygen atoms in total. The molecule has 0 amide bonds. The van der Waals surface area contributed by atoms with Crippen LogP contribution in [0.2, 0.25) is 0 Å². The molecule has 0 spiro atoms. The van der Waals surface area contributed by atoms with Crippen LogP contribution in [0.25, 0.3) is 0 Å². The highest BCUT2D eigenvalue weighted by Crippen LogP contribution is 2.20. The highest BCUT2D eigenvalue weighted by Gasteiger charge is 2.22. The summed E-state index contributed by atoms with van der Waals surface area (Å²) in [7, 11) is 1.71. The minimum Gasteiger partial charge on any atom is -0.352 e. The zero-order valence-corrected chi connectivity index (χ0v) is 11.4. The average molecular weight is 274 g/mol. The van der Waals surface area contributed by atoms with Crippen molar-refractivity contribution in [1.29, 1.82) is 0 Å². The molecule has 0 aromatic carbocycles. The van der Waals surface area contributed by atoms with Crippen LogP contribution in [0.3, 0.4) is 0 Å². The standard InChI is InChI=1S/C14H15FN4O/c1-9-16-11-6-7-19(8-10(11)14(20)18(9)2)13-5-3-4-12(15)17-13/h3-5H,6-8H2,1-2H3. The van der Waals surface area contributed by atoms with Crippen molar-refractivity contribution in [3.8, 4) is 0 Å². The monoisotopic (exact) mass is 274 g/mol. The Balaban J connectivity index is 2.00. The normalized spacial score (nSPS) is 14.2. The van der Waals surface area contributed by atoms with E-state index < -0.39 is 5.95 Å². The molecule has 2 aromatic heterocycles. The molecule has 0 saturated heterocycles. The van der Waals surface area contributed by atoms with E-state index in [1.165, 1.54) is 6.07 Å². The molecule has 2 aromatic rings. The van der Waals surface area contributed by atoms with Crippen LogP contribution in [0.4, 0.5) is 10.2 Å². The van der Waals surface area contributed by atoms with E-state index in [4.69, 9.17) is 0 Å². The molecule has 0 atom stereocenters. The van der Waals surface area contributed by atoms with Crippen molar-refractivity contribution in [2.24, 2.45) is 7.05 Å². The lowest BCUT2D eigenvalue weighted by Crippen LogP contribution is -2.38. The molecule has 3 rings (SSSR count). The van der Waals surface area contributed by atoms with Gasteiger partial charge in [-0.1, -0.05) is 6.07 Å². The zero-order chi connectivity index (χ0) is 14.3. The molecule has 0 radical (unpaired) electrons. The molecule has 1 aliphatic heterocycles. The van der Waals surface area contributed by atoms with Gasteiger partial charge in [-0.3, -0.25) is 9.36 Å². The van der Waals surface area contributed by atoms with E-state index in [1.807, 2.05) is 11.8 Å². The fraction of sp³-hybridized carbons (Fsp3) is 0.357. The maximum atomic E-state index is 13.2. The summed E-state index contributed by atoms with van der Waals surface area (Å²) in [6.45, 7) is 2.93. The molecule has 0 unspecified atom stereocenters. The maximum Gasteiger partial charge on any atom is 0.258 e. The SMILES string of the molecule is Cc1nc2c(c(=O)n1C)CN(c1cccc(F)n1)CC2. The summed E-state index contributed by atoms with van der Waals surface area (Å²) < 4.78 is 14.7. The molecule has 0 fully saturated rings. The van der Waals surface area contributed by atoms with Crippen molar-refractivity contribution in [3.05, 3.63) is 51.6 Å². The van der Waals surface area contributed by atoms with Gasteiger partial charge in [0.2, 0.25) is 5.95 Å². The Hall–Kier alpha value is -2.24. The number of fused-ring (bicyclic) bond motifs is 1. The van der Waals surface area contributed by atoms with Crippen LogP contribution < -0.4 is 10.5 Å². The Labute approximate surface area is 115 Å². The fourth-order valence-corrected chi connectivity index (χ4v) is 2.46. The third kappa shape index (κ3) is 2.07. The summed E-state index contributed by atoms with van der Waals surface area (Å²) in [6, 6.07) is 4.68. The Kier molecular flexibility index (Phi) is 3.00. The third-order valence-electron chi connectivity index (χ3n) is 3.69.